The molecule has 0 N–H and O–H groups in total. The minimum atomic E-state index is -0.00318. The van der Waals surface area contributed by atoms with Crippen molar-refractivity contribution in [2.45, 2.75) is 33.2 Å². The minimum Gasteiger partial charge on any atom is -0.356 e. The molecule has 1 aliphatic heterocycles. The Morgan fingerprint density at radius 3 is 2.80 bits per heavy atom. The van der Waals surface area contributed by atoms with Crippen molar-refractivity contribution in [3.05, 3.63) is 42.1 Å². The van der Waals surface area contributed by atoms with Crippen molar-refractivity contribution in [3.8, 4) is 0 Å². The maximum absolute atomic E-state index is 12.8. The highest BCUT2D eigenvalue weighted by Crippen LogP contribution is 2.21. The highest BCUT2D eigenvalue weighted by atomic mass is 16.2. The van der Waals surface area contributed by atoms with E-state index in [-0.39, 0.29) is 5.91 Å². The first-order valence-corrected chi connectivity index (χ1v) is 9.05. The molecule has 1 fully saturated rings. The van der Waals surface area contributed by atoms with Crippen molar-refractivity contribution in [1.29, 1.82) is 0 Å². The summed E-state index contributed by atoms with van der Waals surface area (Å²) in [4.78, 5) is 25.8. The Morgan fingerprint density at radius 1 is 1.36 bits per heavy atom. The molecule has 3 heterocycles. The number of aromatic nitrogens is 3. The van der Waals surface area contributed by atoms with Crippen LogP contribution in [-0.2, 0) is 13.6 Å². The lowest BCUT2D eigenvalue weighted by atomic mass is 10.0. The number of amides is 1. The Hall–Kier alpha value is -2.37. The van der Waals surface area contributed by atoms with Crippen LogP contribution in [0.5, 0.6) is 0 Å². The molecule has 134 valence electrons. The molecular weight excluding hydrogens is 314 g/mol. The van der Waals surface area contributed by atoms with E-state index in [1.54, 1.807) is 17.3 Å². The molecule has 0 spiro atoms. The van der Waals surface area contributed by atoms with E-state index in [1.807, 2.05) is 36.9 Å². The fraction of sp³-hybridized carbons (Fsp3) is 0.526. The van der Waals surface area contributed by atoms with Crippen LogP contribution in [0.15, 0.2) is 30.7 Å². The Labute approximate surface area is 149 Å². The lowest BCUT2D eigenvalue weighted by molar-refractivity contribution is 0.0747. The zero-order valence-electron chi connectivity index (χ0n) is 15.4. The van der Waals surface area contributed by atoms with Gasteiger partial charge in [0, 0.05) is 45.3 Å². The number of hydrogen-bond donors (Lipinski definition) is 0. The topological polar surface area (TPSA) is 54.3 Å². The van der Waals surface area contributed by atoms with Gasteiger partial charge in [-0.3, -0.25) is 4.79 Å². The van der Waals surface area contributed by atoms with Crippen molar-refractivity contribution in [2.75, 3.05) is 24.5 Å². The summed E-state index contributed by atoms with van der Waals surface area (Å²) in [5.41, 5.74) is 0.630. The summed E-state index contributed by atoms with van der Waals surface area (Å²) in [5.74, 6) is 2.54. The van der Waals surface area contributed by atoms with E-state index in [2.05, 4.69) is 21.8 Å². The Balaban J connectivity index is 1.69. The first-order valence-electron chi connectivity index (χ1n) is 9.05. The van der Waals surface area contributed by atoms with Gasteiger partial charge in [-0.15, -0.1) is 0 Å². The average molecular weight is 341 g/mol. The van der Waals surface area contributed by atoms with Gasteiger partial charge in [0.05, 0.1) is 12.1 Å². The van der Waals surface area contributed by atoms with Gasteiger partial charge in [-0.1, -0.05) is 6.92 Å². The summed E-state index contributed by atoms with van der Waals surface area (Å²) in [6.45, 7) is 7.49. The van der Waals surface area contributed by atoms with E-state index in [0.717, 1.165) is 24.7 Å². The van der Waals surface area contributed by atoms with Crippen LogP contribution in [0.1, 0.15) is 42.9 Å². The number of piperidine rings is 1. The molecule has 0 aromatic carbocycles. The van der Waals surface area contributed by atoms with Gasteiger partial charge >= 0.3 is 0 Å². The molecule has 0 radical (unpaired) electrons. The number of imidazole rings is 1. The third-order valence-electron chi connectivity index (χ3n) is 4.90. The molecule has 0 saturated carbocycles. The van der Waals surface area contributed by atoms with Crippen LogP contribution in [0.25, 0.3) is 0 Å². The zero-order chi connectivity index (χ0) is 17.8. The van der Waals surface area contributed by atoms with E-state index in [9.17, 15) is 4.79 Å². The van der Waals surface area contributed by atoms with E-state index >= 15 is 0 Å². The van der Waals surface area contributed by atoms with Gasteiger partial charge in [0.15, 0.2) is 0 Å². The highest BCUT2D eigenvalue weighted by molar-refractivity contribution is 5.94. The molecule has 0 aliphatic carbocycles. The van der Waals surface area contributed by atoms with Crippen LogP contribution in [-0.4, -0.2) is 45.0 Å². The molecule has 6 nitrogen and oxygen atoms in total. The number of hydrogen-bond acceptors (Lipinski definition) is 4. The van der Waals surface area contributed by atoms with Crippen LogP contribution < -0.4 is 4.90 Å². The molecule has 1 aliphatic rings. The number of nitrogens with zero attached hydrogens (tertiary/aromatic N) is 5. The molecule has 1 atom stereocenters. The van der Waals surface area contributed by atoms with Gasteiger partial charge in [0.2, 0.25) is 0 Å². The molecule has 25 heavy (non-hydrogen) atoms. The van der Waals surface area contributed by atoms with Crippen LogP contribution in [0.4, 0.5) is 5.82 Å². The summed E-state index contributed by atoms with van der Waals surface area (Å²) >= 11 is 0. The number of pyridine rings is 1. The molecule has 2 aromatic rings. The van der Waals surface area contributed by atoms with Gasteiger partial charge in [0.25, 0.3) is 5.91 Å². The fourth-order valence-corrected chi connectivity index (χ4v) is 3.33. The summed E-state index contributed by atoms with van der Waals surface area (Å²) in [7, 11) is 1.94. The molecule has 1 saturated heterocycles. The maximum Gasteiger partial charge on any atom is 0.255 e. The second kappa shape index (κ2) is 7.68. The van der Waals surface area contributed by atoms with E-state index in [0.29, 0.717) is 24.6 Å². The molecule has 1 amide bonds. The number of carbonyl (C=O) groups is 1. The SMILES string of the molecule is CCN(Cc1nccn1C)C(=O)c1ccc(N2CCC[C@H](C)C2)nc1. The van der Waals surface area contributed by atoms with Crippen LogP contribution in [0, 0.1) is 5.92 Å². The van der Waals surface area contributed by atoms with Gasteiger partial charge in [0.1, 0.15) is 11.6 Å². The van der Waals surface area contributed by atoms with Gasteiger partial charge in [-0.05, 0) is 37.8 Å². The smallest absolute Gasteiger partial charge is 0.255 e. The van der Waals surface area contributed by atoms with Crippen molar-refractivity contribution in [1.82, 2.24) is 19.4 Å². The summed E-state index contributed by atoms with van der Waals surface area (Å²) in [6, 6.07) is 3.87. The number of anilines is 1. The third kappa shape index (κ3) is 4.00. The van der Waals surface area contributed by atoms with E-state index < -0.39 is 0 Å². The van der Waals surface area contributed by atoms with Gasteiger partial charge in [-0.25, -0.2) is 9.97 Å². The molecule has 3 rings (SSSR count). The zero-order valence-corrected chi connectivity index (χ0v) is 15.4. The predicted octanol–water partition coefficient (Wildman–Crippen LogP) is 2.71. The Morgan fingerprint density at radius 2 is 2.20 bits per heavy atom. The van der Waals surface area contributed by atoms with E-state index in [4.69, 9.17) is 0 Å². The van der Waals surface area contributed by atoms with Crippen LogP contribution >= 0.6 is 0 Å². The number of carbonyl (C=O) groups excluding carboxylic acids is 1. The highest BCUT2D eigenvalue weighted by Gasteiger charge is 2.20. The molecular formula is C19H27N5O. The van der Waals surface area contributed by atoms with Crippen molar-refractivity contribution >= 4 is 11.7 Å². The second-order valence-electron chi connectivity index (χ2n) is 6.87. The predicted molar refractivity (Wildman–Crippen MR) is 98.5 cm³/mol. The quantitative estimate of drug-likeness (QED) is 0.839. The number of aryl methyl sites for hydroxylation is 1. The van der Waals surface area contributed by atoms with Crippen LogP contribution in [0.2, 0.25) is 0 Å². The summed E-state index contributed by atoms with van der Waals surface area (Å²) < 4.78 is 1.94. The number of rotatable bonds is 5. The van der Waals surface area contributed by atoms with Gasteiger partial charge < -0.3 is 14.4 Å². The molecule has 0 unspecified atom stereocenters. The summed E-state index contributed by atoms with van der Waals surface area (Å²) in [6.07, 6.45) is 7.84. The minimum absolute atomic E-state index is 0.00318. The largest absolute Gasteiger partial charge is 0.356 e. The van der Waals surface area contributed by atoms with Crippen molar-refractivity contribution in [3.63, 3.8) is 0 Å². The lowest BCUT2D eigenvalue weighted by Crippen LogP contribution is -2.35. The molecule has 2 aromatic heterocycles. The molecule has 0 bridgehead atoms. The second-order valence-corrected chi connectivity index (χ2v) is 6.87. The average Bonchev–Trinajstić information content (AvgIpc) is 3.04. The fourth-order valence-electron chi connectivity index (χ4n) is 3.33. The Bertz CT molecular complexity index is 709. The maximum atomic E-state index is 12.8. The van der Waals surface area contributed by atoms with Crippen molar-refractivity contribution < 1.29 is 4.79 Å². The summed E-state index contributed by atoms with van der Waals surface area (Å²) in [5, 5.41) is 0. The third-order valence-corrected chi connectivity index (χ3v) is 4.90. The normalized spacial score (nSPS) is 17.6. The first kappa shape index (κ1) is 17.5. The van der Waals surface area contributed by atoms with Crippen LogP contribution in [0.3, 0.4) is 0 Å². The standard InChI is InChI=1S/C19H27N5O/c1-4-23(14-18-20-9-11-22(18)3)19(25)16-7-8-17(21-12-16)24-10-5-6-15(2)13-24/h7-9,11-12,15H,4-6,10,13-14H2,1-3H3/t15-/m0/s1. The Kier molecular flexibility index (Phi) is 5.36. The van der Waals surface area contributed by atoms with E-state index in [1.165, 1.54) is 12.8 Å². The van der Waals surface area contributed by atoms with Gasteiger partial charge in [-0.2, -0.15) is 0 Å². The molecule has 6 heteroatoms. The van der Waals surface area contributed by atoms with Crippen molar-refractivity contribution in [2.24, 2.45) is 13.0 Å². The first-order chi connectivity index (χ1) is 12.1. The monoisotopic (exact) mass is 341 g/mol. The lowest BCUT2D eigenvalue weighted by Gasteiger charge is -2.31.